The number of rotatable bonds is 4. The van der Waals surface area contributed by atoms with Crippen molar-refractivity contribution in [3.05, 3.63) is 35.4 Å². The number of amides is 1. The van der Waals surface area contributed by atoms with Crippen LogP contribution in [-0.2, 0) is 25.5 Å². The molecule has 1 saturated heterocycles. The lowest BCUT2D eigenvalue weighted by Crippen LogP contribution is -2.47. The number of esters is 1. The standard InChI is InChI=1S/C17H21NO4/c1-12-5-3-4-6-13(12)7-8-16(20)18-10-9-15(19)14(11-18)17(21)22-2/h3-6,14H,7-11H2,1-2H3. The van der Waals surface area contributed by atoms with Crippen LogP contribution < -0.4 is 0 Å². The maximum absolute atomic E-state index is 12.3. The van der Waals surface area contributed by atoms with Gasteiger partial charge in [-0.3, -0.25) is 14.4 Å². The average Bonchev–Trinajstić information content (AvgIpc) is 2.53. The van der Waals surface area contributed by atoms with E-state index < -0.39 is 11.9 Å². The van der Waals surface area contributed by atoms with Crippen molar-refractivity contribution in [2.75, 3.05) is 20.2 Å². The minimum absolute atomic E-state index is 0.0235. The summed E-state index contributed by atoms with van der Waals surface area (Å²) in [6.45, 7) is 2.55. The third kappa shape index (κ3) is 3.72. The average molecular weight is 303 g/mol. The number of ketones is 1. The molecule has 1 unspecified atom stereocenters. The Kier molecular flexibility index (Phi) is 5.31. The monoisotopic (exact) mass is 303 g/mol. The number of carbonyl (C=O) groups excluding carboxylic acids is 3. The van der Waals surface area contributed by atoms with Crippen LogP contribution in [-0.4, -0.2) is 42.8 Å². The summed E-state index contributed by atoms with van der Waals surface area (Å²) in [6, 6.07) is 7.96. The molecule has 1 aromatic carbocycles. The lowest BCUT2D eigenvalue weighted by Gasteiger charge is -2.30. The Bertz CT molecular complexity index is 574. The second-order valence-corrected chi connectivity index (χ2v) is 5.56. The molecule has 0 radical (unpaired) electrons. The van der Waals surface area contributed by atoms with Gasteiger partial charge in [0.25, 0.3) is 0 Å². The molecular formula is C17H21NO4. The van der Waals surface area contributed by atoms with Crippen LogP contribution in [0.25, 0.3) is 0 Å². The van der Waals surface area contributed by atoms with E-state index in [0.717, 1.165) is 11.1 Å². The highest BCUT2D eigenvalue weighted by molar-refractivity contribution is 6.00. The van der Waals surface area contributed by atoms with Gasteiger partial charge in [-0.1, -0.05) is 24.3 Å². The third-order valence-electron chi connectivity index (χ3n) is 4.13. The number of carbonyl (C=O) groups is 3. The number of nitrogens with zero attached hydrogens (tertiary/aromatic N) is 1. The zero-order valence-electron chi connectivity index (χ0n) is 13.0. The number of likely N-dealkylation sites (tertiary alicyclic amines) is 1. The van der Waals surface area contributed by atoms with Gasteiger partial charge in [-0.2, -0.15) is 0 Å². The molecule has 0 N–H and O–H groups in total. The summed E-state index contributed by atoms with van der Waals surface area (Å²) in [7, 11) is 1.26. The number of hydrogen-bond acceptors (Lipinski definition) is 4. The number of benzene rings is 1. The van der Waals surface area contributed by atoms with Gasteiger partial charge in [0.05, 0.1) is 7.11 Å². The fourth-order valence-corrected chi connectivity index (χ4v) is 2.70. The van der Waals surface area contributed by atoms with Crippen LogP contribution >= 0.6 is 0 Å². The largest absolute Gasteiger partial charge is 0.468 e. The summed E-state index contributed by atoms with van der Waals surface area (Å²) in [6.07, 6.45) is 1.27. The third-order valence-corrected chi connectivity index (χ3v) is 4.13. The summed E-state index contributed by atoms with van der Waals surface area (Å²) >= 11 is 0. The first-order chi connectivity index (χ1) is 10.5. The predicted octanol–water partition coefficient (Wildman–Crippen LogP) is 1.52. The first-order valence-corrected chi connectivity index (χ1v) is 7.45. The Hall–Kier alpha value is -2.17. The Morgan fingerprint density at radius 3 is 2.73 bits per heavy atom. The second kappa shape index (κ2) is 7.20. The van der Waals surface area contributed by atoms with Crippen molar-refractivity contribution in [3.8, 4) is 0 Å². The number of hydrogen-bond donors (Lipinski definition) is 0. The number of piperidine rings is 1. The van der Waals surface area contributed by atoms with E-state index in [-0.39, 0.29) is 24.7 Å². The van der Waals surface area contributed by atoms with Crippen LogP contribution in [0, 0.1) is 12.8 Å². The molecule has 0 aromatic heterocycles. The van der Waals surface area contributed by atoms with Gasteiger partial charge < -0.3 is 9.64 Å². The maximum atomic E-state index is 12.3. The van der Waals surface area contributed by atoms with Crippen LogP contribution in [0.5, 0.6) is 0 Å². The van der Waals surface area contributed by atoms with E-state index >= 15 is 0 Å². The van der Waals surface area contributed by atoms with Gasteiger partial charge >= 0.3 is 5.97 Å². The van der Waals surface area contributed by atoms with Gasteiger partial charge in [0.2, 0.25) is 5.91 Å². The summed E-state index contributed by atoms with van der Waals surface area (Å²) in [5.74, 6) is -1.55. The van der Waals surface area contributed by atoms with E-state index in [4.69, 9.17) is 0 Å². The zero-order chi connectivity index (χ0) is 16.1. The number of methoxy groups -OCH3 is 1. The molecule has 1 aromatic rings. The SMILES string of the molecule is COC(=O)C1CN(C(=O)CCc2ccccc2C)CCC1=O. The van der Waals surface area contributed by atoms with Crippen LogP contribution in [0.4, 0.5) is 0 Å². The highest BCUT2D eigenvalue weighted by atomic mass is 16.5. The van der Waals surface area contributed by atoms with Crippen molar-refractivity contribution in [2.45, 2.75) is 26.2 Å². The lowest BCUT2D eigenvalue weighted by atomic mass is 9.96. The molecule has 1 aliphatic heterocycles. The molecule has 1 heterocycles. The molecule has 5 heteroatoms. The summed E-state index contributed by atoms with van der Waals surface area (Å²) < 4.78 is 4.64. The molecule has 22 heavy (non-hydrogen) atoms. The van der Waals surface area contributed by atoms with Crippen LogP contribution in [0.1, 0.15) is 24.0 Å². The van der Waals surface area contributed by atoms with E-state index in [1.54, 1.807) is 4.90 Å². The molecule has 118 valence electrons. The number of ether oxygens (including phenoxy) is 1. The Morgan fingerprint density at radius 2 is 2.05 bits per heavy atom. The minimum atomic E-state index is -0.832. The minimum Gasteiger partial charge on any atom is -0.468 e. The molecular weight excluding hydrogens is 282 g/mol. The highest BCUT2D eigenvalue weighted by Crippen LogP contribution is 2.17. The first-order valence-electron chi connectivity index (χ1n) is 7.45. The Balaban J connectivity index is 1.94. The topological polar surface area (TPSA) is 63.7 Å². The fourth-order valence-electron chi connectivity index (χ4n) is 2.70. The fraction of sp³-hybridized carbons (Fsp3) is 0.471. The van der Waals surface area contributed by atoms with Crippen molar-refractivity contribution >= 4 is 17.7 Å². The molecule has 0 bridgehead atoms. The van der Waals surface area contributed by atoms with E-state index in [1.165, 1.54) is 7.11 Å². The lowest BCUT2D eigenvalue weighted by molar-refractivity contribution is -0.153. The van der Waals surface area contributed by atoms with Crippen LogP contribution in [0.15, 0.2) is 24.3 Å². The van der Waals surface area contributed by atoms with Gasteiger partial charge in [0, 0.05) is 25.9 Å². The van der Waals surface area contributed by atoms with Gasteiger partial charge in [0.15, 0.2) is 5.78 Å². The van der Waals surface area contributed by atoms with E-state index in [2.05, 4.69) is 4.74 Å². The molecule has 5 nitrogen and oxygen atoms in total. The summed E-state index contributed by atoms with van der Waals surface area (Å²) in [5, 5.41) is 0. The molecule has 0 aliphatic carbocycles. The molecule has 0 spiro atoms. The number of Topliss-reactive ketones (excluding diaryl/α,β-unsaturated/α-hetero) is 1. The Labute approximate surface area is 130 Å². The molecule has 2 rings (SSSR count). The second-order valence-electron chi connectivity index (χ2n) is 5.56. The maximum Gasteiger partial charge on any atom is 0.318 e. The summed E-state index contributed by atoms with van der Waals surface area (Å²) in [5.41, 5.74) is 2.31. The molecule has 1 amide bonds. The van der Waals surface area contributed by atoms with Gasteiger partial charge in [-0.25, -0.2) is 0 Å². The van der Waals surface area contributed by atoms with Gasteiger partial charge in [0.1, 0.15) is 5.92 Å². The van der Waals surface area contributed by atoms with E-state index in [1.807, 2.05) is 31.2 Å². The van der Waals surface area contributed by atoms with Crippen molar-refractivity contribution in [2.24, 2.45) is 5.92 Å². The highest BCUT2D eigenvalue weighted by Gasteiger charge is 2.35. The quantitative estimate of drug-likeness (QED) is 0.625. The number of aryl methyl sites for hydroxylation is 2. The zero-order valence-corrected chi connectivity index (χ0v) is 13.0. The van der Waals surface area contributed by atoms with Gasteiger partial charge in [-0.15, -0.1) is 0 Å². The smallest absolute Gasteiger partial charge is 0.318 e. The normalized spacial score (nSPS) is 18.2. The van der Waals surface area contributed by atoms with Crippen LogP contribution in [0.2, 0.25) is 0 Å². The molecule has 1 fully saturated rings. The van der Waals surface area contributed by atoms with Crippen molar-refractivity contribution in [1.29, 1.82) is 0 Å². The van der Waals surface area contributed by atoms with Crippen molar-refractivity contribution in [1.82, 2.24) is 4.90 Å². The summed E-state index contributed by atoms with van der Waals surface area (Å²) in [4.78, 5) is 37.2. The molecule has 1 aliphatic rings. The van der Waals surface area contributed by atoms with Crippen molar-refractivity contribution < 1.29 is 19.1 Å². The van der Waals surface area contributed by atoms with E-state index in [9.17, 15) is 14.4 Å². The van der Waals surface area contributed by atoms with E-state index in [0.29, 0.717) is 19.4 Å². The first kappa shape index (κ1) is 16.2. The molecule has 1 atom stereocenters. The van der Waals surface area contributed by atoms with Crippen molar-refractivity contribution in [3.63, 3.8) is 0 Å². The molecule has 0 saturated carbocycles. The van der Waals surface area contributed by atoms with Gasteiger partial charge in [-0.05, 0) is 24.5 Å². The van der Waals surface area contributed by atoms with Crippen LogP contribution in [0.3, 0.4) is 0 Å². The Morgan fingerprint density at radius 1 is 1.32 bits per heavy atom. The predicted molar refractivity (Wildman–Crippen MR) is 81.2 cm³/mol.